The molecule has 0 aliphatic rings. The van der Waals surface area contributed by atoms with Crippen LogP contribution in [0.5, 0.6) is 0 Å². The Kier molecular flexibility index (Phi) is 10.6. The second kappa shape index (κ2) is 12.3. The van der Waals surface area contributed by atoms with Crippen molar-refractivity contribution in [2.45, 2.75) is 65.6 Å². The van der Waals surface area contributed by atoms with E-state index in [1.54, 1.807) is 0 Å². The Morgan fingerprint density at radius 2 is 1.48 bits per heavy atom. The molecule has 1 atom stereocenters. The molecule has 1 unspecified atom stereocenters. The fourth-order valence-electron chi connectivity index (χ4n) is 2.68. The molecule has 23 heavy (non-hydrogen) atoms. The van der Waals surface area contributed by atoms with E-state index in [-0.39, 0.29) is 5.92 Å². The van der Waals surface area contributed by atoms with Crippen LogP contribution < -0.4 is 0 Å². The zero-order valence-corrected chi connectivity index (χ0v) is 14.9. The van der Waals surface area contributed by atoms with Gasteiger partial charge in [-0.3, -0.25) is 0 Å². The summed E-state index contributed by atoms with van der Waals surface area (Å²) in [6.45, 7) is 7.18. The van der Waals surface area contributed by atoms with Crippen LogP contribution in [0.4, 0.5) is 0 Å². The Morgan fingerprint density at radius 1 is 0.913 bits per heavy atom. The van der Waals surface area contributed by atoms with Gasteiger partial charge in [0.25, 0.3) is 0 Å². The molecule has 3 nitrogen and oxygen atoms in total. The fraction of sp³-hybridized carbons (Fsp3) is 0.650. The van der Waals surface area contributed by atoms with Gasteiger partial charge < -0.3 is 14.3 Å². The van der Waals surface area contributed by atoms with E-state index in [0.29, 0.717) is 13.2 Å². The number of rotatable bonds is 13. The summed E-state index contributed by atoms with van der Waals surface area (Å²) in [6, 6.07) is 8.78. The molecule has 0 amide bonds. The van der Waals surface area contributed by atoms with Crippen LogP contribution in [0.1, 0.15) is 57.6 Å². The van der Waals surface area contributed by atoms with Crippen LogP contribution in [0.25, 0.3) is 0 Å². The highest BCUT2D eigenvalue weighted by molar-refractivity contribution is 5.54. The van der Waals surface area contributed by atoms with Gasteiger partial charge in [0.05, 0.1) is 5.92 Å². The minimum Gasteiger partial charge on any atom is -0.352 e. The van der Waals surface area contributed by atoms with Gasteiger partial charge in [0.1, 0.15) is 6.29 Å². The van der Waals surface area contributed by atoms with Crippen LogP contribution >= 0.6 is 0 Å². The second-order valence-electron chi connectivity index (χ2n) is 5.89. The largest absolute Gasteiger partial charge is 0.352 e. The minimum atomic E-state index is -0.421. The molecule has 3 heteroatoms. The molecule has 1 rings (SSSR count). The highest BCUT2D eigenvalue weighted by Gasteiger charge is 2.21. The number of aldehydes is 1. The lowest BCUT2D eigenvalue weighted by Crippen LogP contribution is -2.29. The number of benzene rings is 1. The van der Waals surface area contributed by atoms with Gasteiger partial charge in [-0.25, -0.2) is 0 Å². The maximum Gasteiger partial charge on any atom is 0.166 e. The zero-order chi connectivity index (χ0) is 16.9. The molecule has 0 saturated carbocycles. The number of unbranched alkanes of at least 4 members (excludes halogenated alkanes) is 2. The maximum atomic E-state index is 11.4. The first-order chi connectivity index (χ1) is 11.2. The van der Waals surface area contributed by atoms with Crippen molar-refractivity contribution in [3.05, 3.63) is 35.4 Å². The summed E-state index contributed by atoms with van der Waals surface area (Å²) >= 11 is 0. The van der Waals surface area contributed by atoms with Crippen molar-refractivity contribution in [3.63, 3.8) is 0 Å². The van der Waals surface area contributed by atoms with Gasteiger partial charge in [0, 0.05) is 13.2 Å². The van der Waals surface area contributed by atoms with E-state index in [0.717, 1.165) is 25.5 Å². The van der Waals surface area contributed by atoms with E-state index in [1.807, 2.05) is 13.8 Å². The van der Waals surface area contributed by atoms with Gasteiger partial charge in [-0.1, -0.05) is 44.0 Å². The molecule has 0 saturated heterocycles. The topological polar surface area (TPSA) is 35.5 Å². The summed E-state index contributed by atoms with van der Waals surface area (Å²) in [5, 5.41) is 0. The number of hydrogen-bond acceptors (Lipinski definition) is 3. The monoisotopic (exact) mass is 320 g/mol. The van der Waals surface area contributed by atoms with Crippen LogP contribution in [0.3, 0.4) is 0 Å². The molecule has 130 valence electrons. The Labute approximate surface area is 141 Å². The van der Waals surface area contributed by atoms with Crippen LogP contribution in [0.15, 0.2) is 24.3 Å². The number of carbonyl (C=O) groups excluding carboxylic acids is 1. The van der Waals surface area contributed by atoms with E-state index >= 15 is 0 Å². The SMILES string of the molecule is CCCCCc1ccc(CCC(C=O)C(OCC)OCC)cc1. The van der Waals surface area contributed by atoms with Crippen molar-refractivity contribution >= 4 is 6.29 Å². The summed E-state index contributed by atoms with van der Waals surface area (Å²) in [5.74, 6) is -0.209. The smallest absolute Gasteiger partial charge is 0.166 e. The van der Waals surface area contributed by atoms with E-state index in [2.05, 4.69) is 31.2 Å². The second-order valence-corrected chi connectivity index (χ2v) is 5.89. The minimum absolute atomic E-state index is 0.209. The van der Waals surface area contributed by atoms with Crippen LogP contribution in [0.2, 0.25) is 0 Å². The lowest BCUT2D eigenvalue weighted by atomic mass is 9.98. The Balaban J connectivity index is 2.49. The molecule has 1 aromatic rings. The van der Waals surface area contributed by atoms with Gasteiger partial charge >= 0.3 is 0 Å². The van der Waals surface area contributed by atoms with Gasteiger partial charge in [0.15, 0.2) is 6.29 Å². The number of hydrogen-bond donors (Lipinski definition) is 0. The molecule has 1 aromatic carbocycles. The molecular weight excluding hydrogens is 288 g/mol. The Hall–Kier alpha value is -1.19. The van der Waals surface area contributed by atoms with E-state index in [9.17, 15) is 4.79 Å². The summed E-state index contributed by atoms with van der Waals surface area (Å²) in [6.07, 6.45) is 7.13. The molecule has 0 spiro atoms. The molecule has 0 aliphatic heterocycles. The first-order valence-corrected chi connectivity index (χ1v) is 9.01. The van der Waals surface area contributed by atoms with Crippen LogP contribution in [-0.4, -0.2) is 25.8 Å². The standard InChI is InChI=1S/C20H32O3/c1-4-7-8-9-17-10-12-18(13-11-17)14-15-19(16-21)20(22-5-2)23-6-3/h10-13,16,19-20H,4-9,14-15H2,1-3H3. The van der Waals surface area contributed by atoms with Crippen molar-refractivity contribution in [1.82, 2.24) is 0 Å². The van der Waals surface area contributed by atoms with Crippen molar-refractivity contribution in [3.8, 4) is 0 Å². The molecular formula is C20H32O3. The summed E-state index contributed by atoms with van der Waals surface area (Å²) in [5.41, 5.74) is 2.67. The van der Waals surface area contributed by atoms with Gasteiger partial charge in [-0.05, 0) is 50.7 Å². The van der Waals surface area contributed by atoms with Crippen molar-refractivity contribution < 1.29 is 14.3 Å². The molecule has 0 radical (unpaired) electrons. The molecule has 0 N–H and O–H groups in total. The molecule has 0 aliphatic carbocycles. The third kappa shape index (κ3) is 7.76. The normalized spacial score (nSPS) is 12.5. The number of ether oxygens (including phenoxy) is 2. The van der Waals surface area contributed by atoms with Crippen molar-refractivity contribution in [2.24, 2.45) is 5.92 Å². The maximum absolute atomic E-state index is 11.4. The predicted octanol–water partition coefficient (Wildman–Crippen LogP) is 4.57. The number of aryl methyl sites for hydroxylation is 2. The van der Waals surface area contributed by atoms with Crippen LogP contribution in [0, 0.1) is 5.92 Å². The first kappa shape index (κ1) is 19.9. The molecule has 0 fully saturated rings. The average Bonchev–Trinajstić information content (AvgIpc) is 2.57. The third-order valence-electron chi connectivity index (χ3n) is 4.04. The van der Waals surface area contributed by atoms with E-state index in [4.69, 9.17) is 9.47 Å². The lowest BCUT2D eigenvalue weighted by Gasteiger charge is -2.22. The highest BCUT2D eigenvalue weighted by Crippen LogP contribution is 2.17. The molecule has 0 bridgehead atoms. The summed E-state index contributed by atoms with van der Waals surface area (Å²) in [4.78, 5) is 11.4. The quantitative estimate of drug-likeness (QED) is 0.303. The lowest BCUT2D eigenvalue weighted by molar-refractivity contribution is -0.169. The molecule has 0 aromatic heterocycles. The van der Waals surface area contributed by atoms with E-state index < -0.39 is 6.29 Å². The van der Waals surface area contributed by atoms with Crippen LogP contribution in [-0.2, 0) is 27.1 Å². The number of carbonyl (C=O) groups is 1. The average molecular weight is 320 g/mol. The van der Waals surface area contributed by atoms with Gasteiger partial charge in [-0.2, -0.15) is 0 Å². The Morgan fingerprint density at radius 3 is 1.96 bits per heavy atom. The van der Waals surface area contributed by atoms with Gasteiger partial charge in [0.2, 0.25) is 0 Å². The summed E-state index contributed by atoms with van der Waals surface area (Å²) in [7, 11) is 0. The predicted molar refractivity (Wildman–Crippen MR) is 94.6 cm³/mol. The summed E-state index contributed by atoms with van der Waals surface area (Å²) < 4.78 is 11.1. The van der Waals surface area contributed by atoms with Crippen molar-refractivity contribution in [1.29, 1.82) is 0 Å². The van der Waals surface area contributed by atoms with Gasteiger partial charge in [-0.15, -0.1) is 0 Å². The van der Waals surface area contributed by atoms with Crippen molar-refractivity contribution in [2.75, 3.05) is 13.2 Å². The fourth-order valence-corrected chi connectivity index (χ4v) is 2.68. The van der Waals surface area contributed by atoms with E-state index in [1.165, 1.54) is 30.4 Å². The highest BCUT2D eigenvalue weighted by atomic mass is 16.7. The first-order valence-electron chi connectivity index (χ1n) is 9.01. The third-order valence-corrected chi connectivity index (χ3v) is 4.04. The Bertz CT molecular complexity index is 407. The molecule has 0 heterocycles. The zero-order valence-electron chi connectivity index (χ0n) is 14.9.